The van der Waals surface area contributed by atoms with Crippen molar-refractivity contribution in [3.05, 3.63) is 58.1 Å². The molecule has 1 aliphatic heterocycles. The minimum absolute atomic E-state index is 0.0281. The van der Waals surface area contributed by atoms with Gasteiger partial charge in [0.25, 0.3) is 15.7 Å². The van der Waals surface area contributed by atoms with Gasteiger partial charge in [-0.15, -0.1) is 0 Å². The molecule has 10 nitrogen and oxygen atoms in total. The van der Waals surface area contributed by atoms with Gasteiger partial charge in [0.05, 0.1) is 23.0 Å². The number of rotatable bonds is 6. The second-order valence-electron chi connectivity index (χ2n) is 6.69. The van der Waals surface area contributed by atoms with Gasteiger partial charge in [-0.3, -0.25) is 19.7 Å². The average molecular weight is 433 g/mol. The molecule has 0 unspecified atom stereocenters. The molecule has 0 bridgehead atoms. The summed E-state index contributed by atoms with van der Waals surface area (Å²) in [5.74, 6) is -1.32. The molecule has 0 spiro atoms. The Kier molecular flexibility index (Phi) is 5.74. The molecular weight excluding hydrogens is 414 g/mol. The van der Waals surface area contributed by atoms with E-state index in [1.165, 1.54) is 31.4 Å². The summed E-state index contributed by atoms with van der Waals surface area (Å²) >= 11 is 0. The first-order chi connectivity index (χ1) is 14.1. The standard InChI is InChI=1S/C19H19N3O7S/c1-12-3-6-14(7-4-12)30(27,28)21-16(9-10-18(21)23)19(24)20-15-8-5-13(29-2)11-17(15)22(25)26/h3-8,11,16H,9-10H2,1-2H3,(H,20,24)/t16-/m1/s1. The van der Waals surface area contributed by atoms with Gasteiger partial charge in [-0.05, 0) is 37.6 Å². The lowest BCUT2D eigenvalue weighted by atomic mass is 10.2. The third-order valence-corrected chi connectivity index (χ3v) is 6.54. The fourth-order valence-corrected chi connectivity index (χ4v) is 4.74. The van der Waals surface area contributed by atoms with Crippen LogP contribution in [0.3, 0.4) is 0 Å². The van der Waals surface area contributed by atoms with Crippen LogP contribution >= 0.6 is 0 Å². The van der Waals surface area contributed by atoms with E-state index in [1.54, 1.807) is 19.1 Å². The van der Waals surface area contributed by atoms with Crippen LogP contribution in [0.15, 0.2) is 47.4 Å². The molecule has 0 saturated carbocycles. The highest BCUT2D eigenvalue weighted by Crippen LogP contribution is 2.32. The van der Waals surface area contributed by atoms with Gasteiger partial charge in [0, 0.05) is 6.42 Å². The van der Waals surface area contributed by atoms with Crippen molar-refractivity contribution < 1.29 is 27.7 Å². The van der Waals surface area contributed by atoms with Crippen LogP contribution in [0.2, 0.25) is 0 Å². The van der Waals surface area contributed by atoms with Crippen molar-refractivity contribution in [1.29, 1.82) is 0 Å². The SMILES string of the molecule is COc1ccc(NC(=O)[C@H]2CCC(=O)N2S(=O)(=O)c2ccc(C)cc2)c([N+](=O)[O-])c1. The number of methoxy groups -OCH3 is 1. The van der Waals surface area contributed by atoms with Crippen LogP contribution in [0.5, 0.6) is 5.75 Å². The summed E-state index contributed by atoms with van der Waals surface area (Å²) < 4.78 is 31.5. The zero-order valence-electron chi connectivity index (χ0n) is 16.2. The molecule has 1 aliphatic rings. The van der Waals surface area contributed by atoms with Gasteiger partial charge >= 0.3 is 0 Å². The summed E-state index contributed by atoms with van der Waals surface area (Å²) in [4.78, 5) is 35.6. The predicted octanol–water partition coefficient (Wildman–Crippen LogP) is 2.23. The Hall–Kier alpha value is -3.47. The minimum atomic E-state index is -4.26. The zero-order valence-corrected chi connectivity index (χ0v) is 17.0. The molecule has 3 rings (SSSR count). The van der Waals surface area contributed by atoms with Crippen LogP contribution < -0.4 is 10.1 Å². The quantitative estimate of drug-likeness (QED) is 0.545. The lowest BCUT2D eigenvalue weighted by Gasteiger charge is -2.23. The lowest BCUT2D eigenvalue weighted by Crippen LogP contribution is -2.45. The van der Waals surface area contributed by atoms with Crippen molar-refractivity contribution in [2.24, 2.45) is 0 Å². The van der Waals surface area contributed by atoms with Gasteiger partial charge in [-0.1, -0.05) is 17.7 Å². The first kappa shape index (κ1) is 21.2. The molecule has 2 aromatic carbocycles. The molecule has 30 heavy (non-hydrogen) atoms. The van der Waals surface area contributed by atoms with Crippen molar-refractivity contribution in [2.75, 3.05) is 12.4 Å². The summed E-state index contributed by atoms with van der Waals surface area (Å²) in [7, 11) is -2.92. The van der Waals surface area contributed by atoms with Gasteiger partial charge < -0.3 is 10.1 Å². The maximum absolute atomic E-state index is 13.0. The van der Waals surface area contributed by atoms with Crippen LogP contribution in [0.1, 0.15) is 18.4 Å². The van der Waals surface area contributed by atoms with E-state index in [0.29, 0.717) is 4.31 Å². The molecule has 2 amide bonds. The lowest BCUT2D eigenvalue weighted by molar-refractivity contribution is -0.384. The van der Waals surface area contributed by atoms with E-state index in [2.05, 4.69) is 5.32 Å². The van der Waals surface area contributed by atoms with Gasteiger partial charge in [-0.2, -0.15) is 0 Å². The van der Waals surface area contributed by atoms with Crippen molar-refractivity contribution in [3.8, 4) is 5.75 Å². The number of hydrogen-bond donors (Lipinski definition) is 1. The number of amides is 2. The number of benzene rings is 2. The fraction of sp³-hybridized carbons (Fsp3) is 0.263. The summed E-state index contributed by atoms with van der Waals surface area (Å²) in [5.41, 5.74) is 0.292. The molecule has 0 radical (unpaired) electrons. The topological polar surface area (TPSA) is 136 Å². The number of nitrogens with zero attached hydrogens (tertiary/aromatic N) is 2. The van der Waals surface area contributed by atoms with E-state index in [1.807, 2.05) is 0 Å². The first-order valence-corrected chi connectivity index (χ1v) is 10.4. The van der Waals surface area contributed by atoms with Crippen LogP contribution in [0.4, 0.5) is 11.4 Å². The normalized spacial score (nSPS) is 16.4. The van der Waals surface area contributed by atoms with E-state index in [9.17, 15) is 28.1 Å². The summed E-state index contributed by atoms with van der Waals surface area (Å²) in [6.45, 7) is 1.79. The Morgan fingerprint density at radius 3 is 2.50 bits per heavy atom. The molecule has 1 heterocycles. The molecule has 1 saturated heterocycles. The molecule has 1 atom stereocenters. The number of hydrogen-bond acceptors (Lipinski definition) is 7. The van der Waals surface area contributed by atoms with Crippen LogP contribution in [-0.4, -0.2) is 42.6 Å². The number of carbonyl (C=O) groups is 2. The zero-order chi connectivity index (χ0) is 22.1. The van der Waals surface area contributed by atoms with Crippen molar-refractivity contribution in [3.63, 3.8) is 0 Å². The summed E-state index contributed by atoms with van der Waals surface area (Å²) in [5, 5.41) is 13.7. The van der Waals surface area contributed by atoms with Gasteiger partial charge in [0.1, 0.15) is 17.5 Å². The third kappa shape index (κ3) is 3.96. The van der Waals surface area contributed by atoms with Gasteiger partial charge in [0.2, 0.25) is 11.8 Å². The maximum Gasteiger partial charge on any atom is 0.296 e. The Balaban J connectivity index is 1.91. The number of aryl methyl sites for hydroxylation is 1. The number of nitrogens with one attached hydrogen (secondary N) is 1. The number of sulfonamides is 1. The van der Waals surface area contributed by atoms with Gasteiger partial charge in [0.15, 0.2) is 0 Å². The number of carbonyl (C=O) groups excluding carboxylic acids is 2. The summed E-state index contributed by atoms with van der Waals surface area (Å²) in [6.07, 6.45) is -0.159. The van der Waals surface area contributed by atoms with Crippen LogP contribution in [0.25, 0.3) is 0 Å². The monoisotopic (exact) mass is 433 g/mol. The molecule has 1 N–H and O–H groups in total. The largest absolute Gasteiger partial charge is 0.496 e. The Bertz CT molecular complexity index is 1110. The second-order valence-corrected chi connectivity index (χ2v) is 8.51. The first-order valence-electron chi connectivity index (χ1n) is 8.92. The number of anilines is 1. The molecule has 1 fully saturated rings. The van der Waals surface area contributed by atoms with E-state index in [-0.39, 0.29) is 29.2 Å². The van der Waals surface area contributed by atoms with Crippen molar-refractivity contribution >= 4 is 33.2 Å². The van der Waals surface area contributed by atoms with E-state index >= 15 is 0 Å². The van der Waals surface area contributed by atoms with Crippen molar-refractivity contribution in [1.82, 2.24) is 4.31 Å². The van der Waals surface area contributed by atoms with Crippen molar-refractivity contribution in [2.45, 2.75) is 30.7 Å². The minimum Gasteiger partial charge on any atom is -0.496 e. The predicted molar refractivity (Wildman–Crippen MR) is 107 cm³/mol. The molecule has 2 aromatic rings. The highest BCUT2D eigenvalue weighted by Gasteiger charge is 2.44. The Labute approximate surface area is 172 Å². The van der Waals surface area contributed by atoms with E-state index in [0.717, 1.165) is 11.6 Å². The van der Waals surface area contributed by atoms with Crippen LogP contribution in [-0.2, 0) is 19.6 Å². The highest BCUT2D eigenvalue weighted by atomic mass is 32.2. The third-order valence-electron chi connectivity index (χ3n) is 4.70. The number of nitro groups is 1. The maximum atomic E-state index is 13.0. The number of nitro benzene ring substituents is 1. The average Bonchev–Trinajstić information content (AvgIpc) is 3.11. The summed E-state index contributed by atoms with van der Waals surface area (Å²) in [6, 6.07) is 8.42. The highest BCUT2D eigenvalue weighted by molar-refractivity contribution is 7.89. The smallest absolute Gasteiger partial charge is 0.296 e. The molecular formula is C19H19N3O7S. The molecule has 0 aliphatic carbocycles. The number of ether oxygens (including phenoxy) is 1. The second kappa shape index (κ2) is 8.11. The fourth-order valence-electron chi connectivity index (χ4n) is 3.14. The molecule has 0 aromatic heterocycles. The Morgan fingerprint density at radius 2 is 1.90 bits per heavy atom. The van der Waals surface area contributed by atoms with Gasteiger partial charge in [-0.25, -0.2) is 12.7 Å². The van der Waals surface area contributed by atoms with E-state index in [4.69, 9.17) is 4.74 Å². The molecule has 11 heteroatoms. The molecule has 158 valence electrons. The van der Waals surface area contributed by atoms with Crippen LogP contribution in [0, 0.1) is 17.0 Å². The Morgan fingerprint density at radius 1 is 1.23 bits per heavy atom. The van der Waals surface area contributed by atoms with E-state index < -0.39 is 38.5 Å².